The molecule has 0 aliphatic rings. The molecule has 6 heteroatoms. The highest BCUT2D eigenvalue weighted by Gasteiger charge is 2.18. The van der Waals surface area contributed by atoms with Gasteiger partial charge in [-0.1, -0.05) is 38.3 Å². The number of rotatable bonds is 8. The van der Waals surface area contributed by atoms with E-state index in [1.165, 1.54) is 12.1 Å². The highest BCUT2D eigenvalue weighted by Crippen LogP contribution is 2.19. The lowest BCUT2D eigenvalue weighted by atomic mass is 10.2. The van der Waals surface area contributed by atoms with E-state index in [2.05, 4.69) is 11.3 Å². The predicted molar refractivity (Wildman–Crippen MR) is 69.2 cm³/mol. The third-order valence-corrected chi connectivity index (χ3v) is 3.59. The summed E-state index contributed by atoms with van der Waals surface area (Å²) in [6, 6.07) is 6.11. The SMILES string of the molecule is CCCCCCOOS(=O)(=O)c1ccccc1N. The van der Waals surface area contributed by atoms with Crippen molar-refractivity contribution in [1.29, 1.82) is 0 Å². The van der Waals surface area contributed by atoms with Crippen molar-refractivity contribution in [3.05, 3.63) is 24.3 Å². The molecule has 1 aromatic rings. The topological polar surface area (TPSA) is 78.6 Å². The van der Waals surface area contributed by atoms with Gasteiger partial charge < -0.3 is 5.73 Å². The van der Waals surface area contributed by atoms with Gasteiger partial charge in [-0.2, -0.15) is 8.42 Å². The minimum absolute atomic E-state index is 0.0708. The average molecular weight is 273 g/mol. The van der Waals surface area contributed by atoms with E-state index in [0.717, 1.165) is 25.7 Å². The third-order valence-electron chi connectivity index (χ3n) is 2.41. The average Bonchev–Trinajstić information content (AvgIpc) is 2.34. The highest BCUT2D eigenvalue weighted by atomic mass is 32.2. The number of unbranched alkanes of at least 4 members (excludes halogenated alkanes) is 3. The highest BCUT2D eigenvalue weighted by molar-refractivity contribution is 7.86. The first-order valence-corrected chi connectivity index (χ1v) is 7.39. The molecule has 18 heavy (non-hydrogen) atoms. The van der Waals surface area contributed by atoms with Gasteiger partial charge in [-0.05, 0) is 18.6 Å². The molecule has 0 aromatic heterocycles. The van der Waals surface area contributed by atoms with Crippen LogP contribution in [-0.4, -0.2) is 15.0 Å². The summed E-state index contributed by atoms with van der Waals surface area (Å²) in [4.78, 5) is 4.64. The fourth-order valence-corrected chi connectivity index (χ4v) is 2.30. The quantitative estimate of drug-likeness (QED) is 0.341. The zero-order chi connectivity index (χ0) is 13.4. The normalized spacial score (nSPS) is 11.6. The van der Waals surface area contributed by atoms with Gasteiger partial charge >= 0.3 is 10.1 Å². The van der Waals surface area contributed by atoms with Gasteiger partial charge in [0.15, 0.2) is 0 Å². The molecule has 0 aliphatic carbocycles. The smallest absolute Gasteiger partial charge is 0.325 e. The standard InChI is InChI=1S/C12H19NO4S/c1-2-3-4-7-10-16-17-18(14,15)12-9-6-5-8-11(12)13/h5-6,8-9H,2-4,7,10,13H2,1H3. The van der Waals surface area contributed by atoms with Crippen molar-refractivity contribution >= 4 is 15.8 Å². The molecule has 102 valence electrons. The maximum absolute atomic E-state index is 11.7. The minimum atomic E-state index is -3.93. The summed E-state index contributed by atoms with van der Waals surface area (Å²) >= 11 is 0. The van der Waals surface area contributed by atoms with Crippen LogP contribution in [0.25, 0.3) is 0 Å². The van der Waals surface area contributed by atoms with Crippen molar-refractivity contribution < 1.29 is 17.6 Å². The van der Waals surface area contributed by atoms with E-state index in [4.69, 9.17) is 10.6 Å². The Bertz CT molecular complexity index is 459. The molecule has 0 radical (unpaired) electrons. The second-order valence-corrected chi connectivity index (χ2v) is 5.43. The summed E-state index contributed by atoms with van der Waals surface area (Å²) in [5.41, 5.74) is 5.71. The molecule has 0 saturated carbocycles. The lowest BCUT2D eigenvalue weighted by molar-refractivity contribution is -0.202. The molecule has 2 N–H and O–H groups in total. The van der Waals surface area contributed by atoms with Gasteiger partial charge in [0.05, 0.1) is 12.3 Å². The Balaban J connectivity index is 2.44. The molecule has 0 aliphatic heterocycles. The Labute approximate surface area is 108 Å². The number of nitrogens with two attached hydrogens (primary N) is 1. The van der Waals surface area contributed by atoms with Crippen molar-refractivity contribution in [1.82, 2.24) is 0 Å². The van der Waals surface area contributed by atoms with Crippen molar-refractivity contribution in [2.75, 3.05) is 12.3 Å². The van der Waals surface area contributed by atoms with Crippen LogP contribution in [0.4, 0.5) is 5.69 Å². The van der Waals surface area contributed by atoms with E-state index >= 15 is 0 Å². The van der Waals surface area contributed by atoms with Crippen molar-refractivity contribution in [3.63, 3.8) is 0 Å². The van der Waals surface area contributed by atoms with E-state index in [1.807, 2.05) is 0 Å². The Kier molecular flexibility index (Phi) is 6.11. The molecular formula is C12H19NO4S. The van der Waals surface area contributed by atoms with Crippen LogP contribution in [0.1, 0.15) is 32.6 Å². The van der Waals surface area contributed by atoms with Gasteiger partial charge in [-0.25, -0.2) is 4.89 Å². The summed E-state index contributed by atoms with van der Waals surface area (Å²) in [6.07, 6.45) is 3.97. The Morgan fingerprint density at radius 1 is 1.17 bits per heavy atom. The second-order valence-electron chi connectivity index (χ2n) is 3.94. The van der Waals surface area contributed by atoms with E-state index in [0.29, 0.717) is 0 Å². The van der Waals surface area contributed by atoms with Crippen LogP contribution >= 0.6 is 0 Å². The first-order chi connectivity index (χ1) is 8.58. The van der Waals surface area contributed by atoms with Gasteiger partial charge in [0, 0.05) is 0 Å². The molecule has 0 spiro atoms. The molecular weight excluding hydrogens is 254 g/mol. The molecule has 0 bridgehead atoms. The number of nitrogen functional groups attached to an aromatic ring is 1. The molecule has 1 rings (SSSR count). The number of para-hydroxylation sites is 1. The van der Waals surface area contributed by atoms with Crippen LogP contribution in [0.3, 0.4) is 0 Å². The fourth-order valence-electron chi connectivity index (χ4n) is 1.43. The van der Waals surface area contributed by atoms with Gasteiger partial charge in [0.2, 0.25) is 0 Å². The van der Waals surface area contributed by atoms with Gasteiger partial charge in [0.1, 0.15) is 4.90 Å². The monoisotopic (exact) mass is 273 g/mol. The van der Waals surface area contributed by atoms with Crippen molar-refractivity contribution in [3.8, 4) is 0 Å². The van der Waals surface area contributed by atoms with E-state index in [1.54, 1.807) is 12.1 Å². The van der Waals surface area contributed by atoms with E-state index in [-0.39, 0.29) is 17.2 Å². The van der Waals surface area contributed by atoms with Crippen molar-refractivity contribution in [2.45, 2.75) is 37.5 Å². The zero-order valence-corrected chi connectivity index (χ0v) is 11.3. The molecule has 1 aromatic carbocycles. The van der Waals surface area contributed by atoms with Gasteiger partial charge in [0.25, 0.3) is 0 Å². The maximum atomic E-state index is 11.7. The lowest BCUT2D eigenvalue weighted by Crippen LogP contribution is -2.10. The van der Waals surface area contributed by atoms with Crippen molar-refractivity contribution in [2.24, 2.45) is 0 Å². The van der Waals surface area contributed by atoms with E-state index < -0.39 is 10.1 Å². The molecule has 0 unspecified atom stereocenters. The molecule has 0 saturated heterocycles. The summed E-state index contributed by atoms with van der Waals surface area (Å²) in [5, 5.41) is 0. The van der Waals surface area contributed by atoms with Crippen LogP contribution in [0.5, 0.6) is 0 Å². The van der Waals surface area contributed by atoms with Crippen LogP contribution in [-0.2, 0) is 19.3 Å². The number of anilines is 1. The number of benzene rings is 1. The van der Waals surface area contributed by atoms with Gasteiger partial charge in [-0.3, -0.25) is 0 Å². The van der Waals surface area contributed by atoms with Crippen LogP contribution in [0.15, 0.2) is 29.2 Å². The van der Waals surface area contributed by atoms with E-state index in [9.17, 15) is 8.42 Å². The fraction of sp³-hybridized carbons (Fsp3) is 0.500. The Morgan fingerprint density at radius 2 is 1.89 bits per heavy atom. The molecule has 0 atom stereocenters. The first-order valence-electron chi connectivity index (χ1n) is 5.98. The second kappa shape index (κ2) is 7.35. The lowest BCUT2D eigenvalue weighted by Gasteiger charge is -2.06. The summed E-state index contributed by atoms with van der Waals surface area (Å²) in [6.45, 7) is 2.35. The Morgan fingerprint density at radius 3 is 2.56 bits per heavy atom. The first kappa shape index (κ1) is 14.9. The summed E-state index contributed by atoms with van der Waals surface area (Å²) < 4.78 is 27.9. The van der Waals surface area contributed by atoms with Crippen LogP contribution in [0, 0.1) is 0 Å². The third kappa shape index (κ3) is 4.64. The zero-order valence-electron chi connectivity index (χ0n) is 10.5. The molecule has 0 amide bonds. The Hall–Kier alpha value is -1.11. The summed E-state index contributed by atoms with van der Waals surface area (Å²) in [5.74, 6) is 0. The maximum Gasteiger partial charge on any atom is 0.325 e. The molecule has 0 heterocycles. The molecule has 5 nitrogen and oxygen atoms in total. The van der Waals surface area contributed by atoms with Crippen LogP contribution < -0.4 is 5.73 Å². The molecule has 0 fully saturated rings. The minimum Gasteiger partial charge on any atom is -0.398 e. The van der Waals surface area contributed by atoms with Crippen LogP contribution in [0.2, 0.25) is 0 Å². The van der Waals surface area contributed by atoms with Gasteiger partial charge in [-0.15, -0.1) is 4.33 Å². The summed E-state index contributed by atoms with van der Waals surface area (Å²) in [7, 11) is -3.93. The number of hydrogen-bond donors (Lipinski definition) is 1. The predicted octanol–water partition coefficient (Wildman–Crippen LogP) is 2.49. The number of hydrogen-bond acceptors (Lipinski definition) is 5. The largest absolute Gasteiger partial charge is 0.398 e.